The molecule has 125 valence electrons. The molecule has 2 aliphatic carbocycles. The second-order valence-electron chi connectivity index (χ2n) is 9.34. The topological polar surface area (TPSA) is 0 Å². The second-order valence-corrected chi connectivity index (χ2v) is 9.34. The minimum absolute atomic E-state index is 0.220. The van der Waals surface area contributed by atoms with Gasteiger partial charge in [-0.3, -0.25) is 0 Å². The van der Waals surface area contributed by atoms with Crippen molar-refractivity contribution in [3.05, 3.63) is 70.3 Å². The van der Waals surface area contributed by atoms with Gasteiger partial charge in [0.2, 0.25) is 0 Å². The fourth-order valence-electron chi connectivity index (χ4n) is 4.74. The van der Waals surface area contributed by atoms with E-state index in [1.165, 1.54) is 36.8 Å². The third kappa shape index (κ3) is 2.26. The normalized spacial score (nSPS) is 22.7. The average Bonchev–Trinajstić information content (AvgIpc) is 3.34. The predicted molar refractivity (Wildman–Crippen MR) is 102 cm³/mol. The van der Waals surface area contributed by atoms with Crippen molar-refractivity contribution >= 4 is 0 Å². The first kappa shape index (κ1) is 15.9. The lowest BCUT2D eigenvalue weighted by Crippen LogP contribution is -2.34. The van der Waals surface area contributed by atoms with Crippen LogP contribution in [0.5, 0.6) is 0 Å². The van der Waals surface area contributed by atoms with Gasteiger partial charge in [-0.25, -0.2) is 0 Å². The molecule has 0 atom stereocenters. The first-order valence-corrected chi connectivity index (χ1v) is 9.40. The lowest BCUT2D eigenvalue weighted by Gasteiger charge is -2.43. The molecule has 1 saturated carbocycles. The molecule has 0 amide bonds. The molecule has 0 aromatic heterocycles. The molecule has 0 saturated heterocycles. The van der Waals surface area contributed by atoms with Gasteiger partial charge in [-0.2, -0.15) is 0 Å². The van der Waals surface area contributed by atoms with Crippen LogP contribution in [0.15, 0.2) is 36.4 Å². The highest BCUT2D eigenvalue weighted by Crippen LogP contribution is 2.56. The van der Waals surface area contributed by atoms with E-state index in [-0.39, 0.29) is 10.8 Å². The summed E-state index contributed by atoms with van der Waals surface area (Å²) in [6.07, 6.45) is 5.08. The summed E-state index contributed by atoms with van der Waals surface area (Å²) in [5, 5.41) is 0. The summed E-state index contributed by atoms with van der Waals surface area (Å²) < 4.78 is 0. The van der Waals surface area contributed by atoms with Crippen molar-refractivity contribution in [1.29, 1.82) is 0 Å². The Bertz CT molecular complexity index is 773. The third-order valence-electron chi connectivity index (χ3n) is 6.69. The van der Waals surface area contributed by atoms with Crippen LogP contribution < -0.4 is 0 Å². The highest BCUT2D eigenvalue weighted by atomic mass is 14.5. The van der Waals surface area contributed by atoms with Crippen molar-refractivity contribution in [2.24, 2.45) is 0 Å². The van der Waals surface area contributed by atoms with Crippen LogP contribution >= 0.6 is 0 Å². The number of hydrogen-bond donors (Lipinski definition) is 0. The fourth-order valence-corrected chi connectivity index (χ4v) is 4.74. The monoisotopic (exact) mass is 317 g/mol. The van der Waals surface area contributed by atoms with Crippen LogP contribution in [0.25, 0.3) is 0 Å². The van der Waals surface area contributed by atoms with Gasteiger partial charge >= 0.3 is 0 Å². The van der Waals surface area contributed by atoms with E-state index < -0.39 is 0 Å². The van der Waals surface area contributed by atoms with Crippen molar-refractivity contribution in [1.82, 2.24) is 0 Å². The zero-order valence-electron chi connectivity index (χ0n) is 15.8. The van der Waals surface area contributed by atoms with Crippen molar-refractivity contribution in [3.63, 3.8) is 0 Å². The largest absolute Gasteiger partial charge is 0.0619 e. The number of hydrogen-bond acceptors (Lipinski definition) is 0. The van der Waals surface area contributed by atoms with Crippen LogP contribution in [0.3, 0.4) is 0 Å². The molecule has 0 N–H and O–H groups in total. The molecule has 24 heavy (non-hydrogen) atoms. The molecule has 2 aromatic rings. The Morgan fingerprint density at radius 2 is 1.42 bits per heavy atom. The molecule has 0 heteroatoms. The number of aryl methyl sites for hydroxylation is 1. The SMILES string of the molecule is Cc1cc2c(cc1C1(c3[c]cccc3)CC1)C(C)(C)CCC2(C)C. The van der Waals surface area contributed by atoms with Gasteiger partial charge in [0, 0.05) is 5.41 Å². The first-order chi connectivity index (χ1) is 11.3. The predicted octanol–water partition coefficient (Wildman–Crippen LogP) is 6.22. The first-order valence-electron chi connectivity index (χ1n) is 9.40. The summed E-state index contributed by atoms with van der Waals surface area (Å²) in [7, 11) is 0. The van der Waals surface area contributed by atoms with Crippen LogP contribution in [-0.2, 0) is 16.2 Å². The molecule has 4 rings (SSSR count). The third-order valence-corrected chi connectivity index (χ3v) is 6.69. The molecule has 0 nitrogen and oxygen atoms in total. The van der Waals surface area contributed by atoms with Crippen molar-refractivity contribution in [2.45, 2.75) is 76.5 Å². The maximum absolute atomic E-state index is 3.51. The highest BCUT2D eigenvalue weighted by molar-refractivity contribution is 5.54. The van der Waals surface area contributed by atoms with Crippen molar-refractivity contribution < 1.29 is 0 Å². The maximum atomic E-state index is 3.51. The second kappa shape index (κ2) is 4.97. The molecule has 0 unspecified atom stereocenters. The summed E-state index contributed by atoms with van der Waals surface area (Å²) >= 11 is 0. The summed E-state index contributed by atoms with van der Waals surface area (Å²) in [6.45, 7) is 12.0. The Morgan fingerprint density at radius 3 is 1.96 bits per heavy atom. The van der Waals surface area contributed by atoms with Gasteiger partial charge in [0.25, 0.3) is 0 Å². The van der Waals surface area contributed by atoms with E-state index in [1.807, 2.05) is 0 Å². The minimum Gasteiger partial charge on any atom is -0.0619 e. The van der Waals surface area contributed by atoms with Crippen molar-refractivity contribution in [2.75, 3.05) is 0 Å². The summed E-state index contributed by atoms with van der Waals surface area (Å²) in [4.78, 5) is 0. The summed E-state index contributed by atoms with van der Waals surface area (Å²) in [5.74, 6) is 0. The van der Waals surface area contributed by atoms with Crippen LogP contribution in [0.4, 0.5) is 0 Å². The average molecular weight is 317 g/mol. The van der Waals surface area contributed by atoms with Gasteiger partial charge in [0.15, 0.2) is 0 Å². The van der Waals surface area contributed by atoms with E-state index >= 15 is 0 Å². The Labute approximate surface area is 147 Å². The number of benzene rings is 2. The number of fused-ring (bicyclic) bond motifs is 1. The lowest BCUT2D eigenvalue weighted by molar-refractivity contribution is 0.331. The Morgan fingerprint density at radius 1 is 0.792 bits per heavy atom. The van der Waals surface area contributed by atoms with Crippen LogP contribution in [-0.4, -0.2) is 0 Å². The Hall–Kier alpha value is -1.56. The Kier molecular flexibility index (Phi) is 3.30. The molecule has 2 aliphatic rings. The van der Waals surface area contributed by atoms with Gasteiger partial charge < -0.3 is 0 Å². The van der Waals surface area contributed by atoms with Gasteiger partial charge in [0.05, 0.1) is 0 Å². The summed E-state index contributed by atoms with van der Waals surface area (Å²) in [6, 6.07) is 17.2. The maximum Gasteiger partial charge on any atom is 0.0212 e. The zero-order valence-corrected chi connectivity index (χ0v) is 15.8. The molecule has 0 bridgehead atoms. The van der Waals surface area contributed by atoms with E-state index in [9.17, 15) is 0 Å². The highest BCUT2D eigenvalue weighted by Gasteiger charge is 2.48. The molecule has 0 heterocycles. The van der Waals surface area contributed by atoms with Crippen molar-refractivity contribution in [3.8, 4) is 0 Å². The Balaban J connectivity index is 1.91. The summed E-state index contributed by atoms with van der Waals surface area (Å²) in [5.41, 5.74) is 8.35. The molecule has 2 aromatic carbocycles. The molecule has 1 radical (unpaired) electrons. The molecule has 0 aliphatic heterocycles. The zero-order chi connectivity index (χ0) is 17.2. The van der Waals surface area contributed by atoms with E-state index in [2.05, 4.69) is 77.1 Å². The molecular weight excluding hydrogens is 288 g/mol. The van der Waals surface area contributed by atoms with Crippen LogP contribution in [0, 0.1) is 13.0 Å². The molecular formula is C24H29. The molecule has 0 spiro atoms. The lowest BCUT2D eigenvalue weighted by atomic mass is 9.62. The number of rotatable bonds is 2. The van der Waals surface area contributed by atoms with Crippen LogP contribution in [0.2, 0.25) is 0 Å². The standard InChI is InChI=1S/C24H29/c1-17-15-20-21(23(4,5)12-11-22(20,2)3)16-19(17)24(13-14-24)18-9-7-6-8-10-18/h6-9,15-16H,11-14H2,1-5H3. The van der Waals surface area contributed by atoms with Gasteiger partial charge in [-0.05, 0) is 77.3 Å². The van der Waals surface area contributed by atoms with Gasteiger partial charge in [0.1, 0.15) is 0 Å². The van der Waals surface area contributed by atoms with E-state index in [0.29, 0.717) is 5.41 Å². The molecule has 1 fully saturated rings. The smallest absolute Gasteiger partial charge is 0.0212 e. The quantitative estimate of drug-likeness (QED) is 0.616. The van der Waals surface area contributed by atoms with E-state index in [4.69, 9.17) is 0 Å². The fraction of sp³-hybridized carbons (Fsp3) is 0.500. The van der Waals surface area contributed by atoms with Crippen LogP contribution in [0.1, 0.15) is 81.2 Å². The van der Waals surface area contributed by atoms with E-state index in [1.54, 1.807) is 16.7 Å². The van der Waals surface area contributed by atoms with Gasteiger partial charge in [-0.15, -0.1) is 0 Å². The minimum atomic E-state index is 0.220. The van der Waals surface area contributed by atoms with Gasteiger partial charge in [-0.1, -0.05) is 64.1 Å². The van der Waals surface area contributed by atoms with E-state index in [0.717, 1.165) is 0 Å².